The normalized spacial score (nSPS) is 13.0. The predicted octanol–water partition coefficient (Wildman–Crippen LogP) is 2.74. The van der Waals surface area contributed by atoms with Crippen LogP contribution in [0.2, 0.25) is 0 Å². The maximum atomic E-state index is 12.6. The lowest BCUT2D eigenvalue weighted by atomic mass is 10.1. The average Bonchev–Trinajstić information content (AvgIpc) is 3.04. The molecule has 5 nitrogen and oxygen atoms in total. The molecule has 0 bridgehead atoms. The highest BCUT2D eigenvalue weighted by atomic mass is 32.1. The molecule has 114 valence electrons. The summed E-state index contributed by atoms with van der Waals surface area (Å²) in [6, 6.07) is 9.11. The average molecular weight is 316 g/mol. The van der Waals surface area contributed by atoms with Gasteiger partial charge in [-0.15, -0.1) is 11.3 Å². The van der Waals surface area contributed by atoms with Crippen molar-refractivity contribution in [2.24, 2.45) is 0 Å². The summed E-state index contributed by atoms with van der Waals surface area (Å²) in [6.07, 6.45) is 0. The van der Waals surface area contributed by atoms with Gasteiger partial charge in [0, 0.05) is 17.0 Å². The summed E-state index contributed by atoms with van der Waals surface area (Å²) >= 11 is 1.64. The van der Waals surface area contributed by atoms with Crippen molar-refractivity contribution < 1.29 is 14.3 Å². The molecular weight excluding hydrogens is 300 g/mol. The number of hydrogen-bond donors (Lipinski definition) is 1. The van der Waals surface area contributed by atoms with Crippen LogP contribution in [0.1, 0.15) is 22.2 Å². The smallest absolute Gasteiger partial charge is 0.262 e. The minimum absolute atomic E-state index is 0.0165. The van der Waals surface area contributed by atoms with Gasteiger partial charge >= 0.3 is 0 Å². The van der Waals surface area contributed by atoms with Crippen molar-refractivity contribution in [2.75, 3.05) is 18.5 Å². The molecule has 1 aliphatic heterocycles. The Hall–Kier alpha value is -2.34. The van der Waals surface area contributed by atoms with Crippen LogP contribution in [0.4, 0.5) is 5.69 Å². The van der Waals surface area contributed by atoms with Gasteiger partial charge in [-0.1, -0.05) is 6.07 Å². The van der Waals surface area contributed by atoms with Crippen molar-refractivity contribution in [1.29, 1.82) is 0 Å². The maximum Gasteiger partial charge on any atom is 0.262 e. The van der Waals surface area contributed by atoms with Crippen LogP contribution >= 0.6 is 11.3 Å². The molecule has 22 heavy (non-hydrogen) atoms. The van der Waals surface area contributed by atoms with Gasteiger partial charge in [-0.05, 0) is 36.6 Å². The van der Waals surface area contributed by atoms with Gasteiger partial charge in [-0.25, -0.2) is 0 Å². The molecule has 0 saturated carbocycles. The van der Waals surface area contributed by atoms with E-state index in [4.69, 9.17) is 4.74 Å². The van der Waals surface area contributed by atoms with Crippen LogP contribution < -0.4 is 10.1 Å². The van der Waals surface area contributed by atoms with Crippen molar-refractivity contribution in [3.8, 4) is 5.75 Å². The van der Waals surface area contributed by atoms with E-state index >= 15 is 0 Å². The molecule has 1 N–H and O–H groups in total. The Morgan fingerprint density at radius 2 is 2.27 bits per heavy atom. The van der Waals surface area contributed by atoms with E-state index in [9.17, 15) is 9.59 Å². The van der Waals surface area contributed by atoms with E-state index < -0.39 is 0 Å². The molecule has 0 spiro atoms. The molecule has 3 rings (SSSR count). The minimum atomic E-state index is -0.181. The Bertz CT molecular complexity index is 697. The standard InChI is InChI=1S/C16H16N2O3S/c1-2-18(9-12-4-3-7-22-12)16(20)11-5-6-13-14(8-11)21-10-15(19)17-13/h3-8H,2,9-10H2,1H3,(H,17,19). The summed E-state index contributed by atoms with van der Waals surface area (Å²) in [5.41, 5.74) is 1.17. The first-order valence-corrected chi connectivity index (χ1v) is 7.93. The van der Waals surface area contributed by atoms with E-state index in [1.807, 2.05) is 24.4 Å². The molecule has 6 heteroatoms. The minimum Gasteiger partial charge on any atom is -0.482 e. The summed E-state index contributed by atoms with van der Waals surface area (Å²) < 4.78 is 5.37. The van der Waals surface area contributed by atoms with Crippen LogP contribution in [0.25, 0.3) is 0 Å². The summed E-state index contributed by atoms with van der Waals surface area (Å²) in [4.78, 5) is 26.8. The SMILES string of the molecule is CCN(Cc1cccs1)C(=O)c1ccc2c(c1)OCC(=O)N2. The highest BCUT2D eigenvalue weighted by Crippen LogP contribution is 2.29. The van der Waals surface area contributed by atoms with E-state index in [1.54, 1.807) is 34.4 Å². The molecule has 1 aliphatic rings. The van der Waals surface area contributed by atoms with Gasteiger partial charge in [0.15, 0.2) is 6.61 Å². The molecule has 0 radical (unpaired) electrons. The number of nitrogens with zero attached hydrogens (tertiary/aromatic N) is 1. The lowest BCUT2D eigenvalue weighted by Crippen LogP contribution is -2.30. The number of fused-ring (bicyclic) bond motifs is 1. The molecule has 0 atom stereocenters. The third-order valence-electron chi connectivity index (χ3n) is 3.46. The molecule has 1 aromatic heterocycles. The van der Waals surface area contributed by atoms with Crippen LogP contribution in [-0.4, -0.2) is 29.9 Å². The third kappa shape index (κ3) is 2.96. The number of amides is 2. The first-order chi connectivity index (χ1) is 10.7. The number of thiophene rings is 1. The van der Waals surface area contributed by atoms with Crippen LogP contribution in [0.15, 0.2) is 35.7 Å². The molecule has 0 saturated heterocycles. The van der Waals surface area contributed by atoms with Crippen LogP contribution in [0.5, 0.6) is 5.75 Å². The summed E-state index contributed by atoms with van der Waals surface area (Å²) in [7, 11) is 0. The first kappa shape index (κ1) is 14.6. The molecule has 2 heterocycles. The summed E-state index contributed by atoms with van der Waals surface area (Å²) in [5, 5.41) is 4.72. The Morgan fingerprint density at radius 1 is 1.41 bits per heavy atom. The maximum absolute atomic E-state index is 12.6. The number of rotatable bonds is 4. The molecule has 1 aromatic carbocycles. The Kier molecular flexibility index (Phi) is 4.11. The number of hydrogen-bond acceptors (Lipinski definition) is 4. The van der Waals surface area contributed by atoms with Gasteiger partial charge in [0.05, 0.1) is 12.2 Å². The Morgan fingerprint density at radius 3 is 3.00 bits per heavy atom. The van der Waals surface area contributed by atoms with E-state index in [1.165, 1.54) is 0 Å². The van der Waals surface area contributed by atoms with Gasteiger partial charge in [0.25, 0.3) is 11.8 Å². The fourth-order valence-electron chi connectivity index (χ4n) is 2.31. The van der Waals surface area contributed by atoms with Crippen LogP contribution in [-0.2, 0) is 11.3 Å². The molecule has 0 aliphatic carbocycles. The van der Waals surface area contributed by atoms with Gasteiger partial charge in [0.1, 0.15) is 5.75 Å². The number of carbonyl (C=O) groups is 2. The van der Waals surface area contributed by atoms with Crippen molar-refractivity contribution in [3.63, 3.8) is 0 Å². The lowest BCUT2D eigenvalue weighted by molar-refractivity contribution is -0.118. The molecule has 0 unspecified atom stereocenters. The zero-order valence-electron chi connectivity index (χ0n) is 12.2. The zero-order valence-corrected chi connectivity index (χ0v) is 13.0. The second-order valence-electron chi connectivity index (χ2n) is 4.95. The highest BCUT2D eigenvalue weighted by molar-refractivity contribution is 7.09. The molecular formula is C16H16N2O3S. The number of nitrogens with one attached hydrogen (secondary N) is 1. The van der Waals surface area contributed by atoms with Crippen molar-refractivity contribution in [2.45, 2.75) is 13.5 Å². The third-order valence-corrected chi connectivity index (χ3v) is 4.32. The van der Waals surface area contributed by atoms with E-state index in [-0.39, 0.29) is 18.4 Å². The fourth-order valence-corrected chi connectivity index (χ4v) is 3.03. The highest BCUT2D eigenvalue weighted by Gasteiger charge is 2.20. The lowest BCUT2D eigenvalue weighted by Gasteiger charge is -2.22. The largest absolute Gasteiger partial charge is 0.482 e. The van der Waals surface area contributed by atoms with Gasteiger partial charge < -0.3 is 15.0 Å². The van der Waals surface area contributed by atoms with Gasteiger partial charge in [0.2, 0.25) is 0 Å². The van der Waals surface area contributed by atoms with Crippen molar-refractivity contribution >= 4 is 28.8 Å². The number of carbonyl (C=O) groups excluding carboxylic acids is 2. The van der Waals surface area contributed by atoms with Crippen LogP contribution in [0.3, 0.4) is 0 Å². The second-order valence-corrected chi connectivity index (χ2v) is 5.98. The quantitative estimate of drug-likeness (QED) is 0.943. The first-order valence-electron chi connectivity index (χ1n) is 7.05. The topological polar surface area (TPSA) is 58.6 Å². The Balaban J connectivity index is 1.80. The molecule has 0 fully saturated rings. The van der Waals surface area contributed by atoms with E-state index in [2.05, 4.69) is 5.32 Å². The van der Waals surface area contributed by atoms with Gasteiger partial charge in [-0.2, -0.15) is 0 Å². The fraction of sp³-hybridized carbons (Fsp3) is 0.250. The number of anilines is 1. The predicted molar refractivity (Wildman–Crippen MR) is 85.3 cm³/mol. The Labute approximate surface area is 132 Å². The molecule has 2 aromatic rings. The monoisotopic (exact) mass is 316 g/mol. The number of ether oxygens (including phenoxy) is 1. The van der Waals surface area contributed by atoms with E-state index in [0.29, 0.717) is 30.1 Å². The van der Waals surface area contributed by atoms with E-state index in [0.717, 1.165) is 4.88 Å². The second kappa shape index (κ2) is 6.19. The van der Waals surface area contributed by atoms with Gasteiger partial charge in [-0.3, -0.25) is 9.59 Å². The summed E-state index contributed by atoms with van der Waals surface area (Å²) in [5.74, 6) is 0.316. The van der Waals surface area contributed by atoms with Crippen LogP contribution in [0, 0.1) is 0 Å². The van der Waals surface area contributed by atoms with Crippen molar-refractivity contribution in [1.82, 2.24) is 4.90 Å². The summed E-state index contributed by atoms with van der Waals surface area (Å²) in [6.45, 7) is 3.17. The zero-order chi connectivity index (χ0) is 15.5. The van der Waals surface area contributed by atoms with Crippen molar-refractivity contribution in [3.05, 3.63) is 46.2 Å². The number of benzene rings is 1. The molecule has 2 amide bonds.